The molecule has 0 unspecified atom stereocenters. The summed E-state index contributed by atoms with van der Waals surface area (Å²) < 4.78 is 13.0. The van der Waals surface area contributed by atoms with E-state index in [4.69, 9.17) is 5.73 Å². The van der Waals surface area contributed by atoms with Gasteiger partial charge in [0.1, 0.15) is 11.6 Å². The molecule has 0 atom stereocenters. The number of hydrazone groups is 1. The zero-order valence-corrected chi connectivity index (χ0v) is 9.61. The largest absolute Gasteiger partial charge is 0.507 e. The first-order valence-corrected chi connectivity index (χ1v) is 5.11. The maximum Gasteiger partial charge on any atom is 0.329 e. The fourth-order valence-electron chi connectivity index (χ4n) is 1.24. The van der Waals surface area contributed by atoms with Gasteiger partial charge in [-0.2, -0.15) is 5.10 Å². The number of rotatable bonds is 3. The maximum atomic E-state index is 13.0. The quantitative estimate of drug-likeness (QED) is 0.408. The van der Waals surface area contributed by atoms with Crippen molar-refractivity contribution in [2.24, 2.45) is 10.8 Å². The van der Waals surface area contributed by atoms with E-state index >= 15 is 0 Å². The summed E-state index contributed by atoms with van der Waals surface area (Å²) in [5, 5.41) is 13.2. The third-order valence-corrected chi connectivity index (χ3v) is 2.12. The van der Waals surface area contributed by atoms with Crippen LogP contribution in [0.4, 0.5) is 4.39 Å². The highest BCUT2D eigenvalue weighted by atomic mass is 19.1. The molecule has 2 amide bonds. The Bertz CT molecular complexity index is 514. The molecule has 4 N–H and O–H groups in total. The number of nitrogens with two attached hydrogens (primary N) is 1. The lowest BCUT2D eigenvalue weighted by Gasteiger charge is -2.06. The summed E-state index contributed by atoms with van der Waals surface area (Å²) >= 11 is 0. The molecule has 1 rings (SSSR count). The Balaban J connectivity index is 3.02. The number of phenolic OH excluding ortho intramolecular Hbond substituents is 1. The van der Waals surface area contributed by atoms with E-state index in [2.05, 4.69) is 5.10 Å². The summed E-state index contributed by atoms with van der Waals surface area (Å²) in [5.74, 6) is -3.00. The van der Waals surface area contributed by atoms with E-state index in [-0.39, 0.29) is 17.0 Å². The fraction of sp³-hybridized carbons (Fsp3) is 0.182. The minimum absolute atomic E-state index is 0.141. The number of halogens is 1. The molecule has 0 saturated carbocycles. The molecule has 6 nitrogen and oxygen atoms in total. The van der Waals surface area contributed by atoms with Crippen LogP contribution < -0.4 is 11.2 Å². The Morgan fingerprint density at radius 2 is 2.17 bits per heavy atom. The summed E-state index contributed by atoms with van der Waals surface area (Å²) in [7, 11) is 0. The van der Waals surface area contributed by atoms with Crippen molar-refractivity contribution in [2.75, 3.05) is 0 Å². The first-order chi connectivity index (χ1) is 8.45. The topological polar surface area (TPSA) is 105 Å². The van der Waals surface area contributed by atoms with Crippen molar-refractivity contribution in [1.29, 1.82) is 0 Å². The van der Waals surface area contributed by atoms with Crippen LogP contribution in [-0.4, -0.2) is 22.6 Å². The molecule has 96 valence electrons. The minimum Gasteiger partial charge on any atom is -0.507 e. The van der Waals surface area contributed by atoms with Crippen LogP contribution in [0.5, 0.6) is 5.75 Å². The summed E-state index contributed by atoms with van der Waals surface area (Å²) in [4.78, 5) is 21.4. The molecule has 0 aliphatic heterocycles. The van der Waals surface area contributed by atoms with E-state index in [0.717, 1.165) is 12.1 Å². The Labute approximate surface area is 102 Å². The molecule has 0 spiro atoms. The Hall–Kier alpha value is -2.44. The number of phenols is 1. The highest BCUT2D eigenvalue weighted by Gasteiger charge is 2.11. The second kappa shape index (κ2) is 5.76. The Morgan fingerprint density at radius 3 is 2.72 bits per heavy atom. The van der Waals surface area contributed by atoms with Gasteiger partial charge in [0.15, 0.2) is 0 Å². The molecule has 18 heavy (non-hydrogen) atoms. The van der Waals surface area contributed by atoms with Crippen LogP contribution in [0.1, 0.15) is 18.9 Å². The molecule has 0 bridgehead atoms. The van der Waals surface area contributed by atoms with Gasteiger partial charge in [0, 0.05) is 5.56 Å². The van der Waals surface area contributed by atoms with Crippen molar-refractivity contribution >= 4 is 17.5 Å². The van der Waals surface area contributed by atoms with E-state index in [1.807, 2.05) is 5.43 Å². The van der Waals surface area contributed by atoms with Crippen LogP contribution in [0, 0.1) is 5.82 Å². The number of carbonyl (C=O) groups excluding carboxylic acids is 2. The third-order valence-electron chi connectivity index (χ3n) is 2.12. The van der Waals surface area contributed by atoms with Crippen LogP contribution in [0.3, 0.4) is 0 Å². The van der Waals surface area contributed by atoms with Crippen LogP contribution in [-0.2, 0) is 9.59 Å². The molecule has 0 radical (unpaired) electrons. The maximum absolute atomic E-state index is 13.0. The number of hydrogen-bond donors (Lipinski definition) is 3. The van der Waals surface area contributed by atoms with E-state index in [0.29, 0.717) is 6.42 Å². The molecule has 0 aliphatic carbocycles. The number of benzene rings is 1. The average Bonchev–Trinajstić information content (AvgIpc) is 2.33. The zero-order valence-electron chi connectivity index (χ0n) is 9.61. The number of carbonyl (C=O) groups is 2. The van der Waals surface area contributed by atoms with Crippen LogP contribution >= 0.6 is 0 Å². The SMILES string of the molecule is CC/C(=N\NC(=O)C(N)=O)c1cc(F)ccc1O. The molecule has 0 fully saturated rings. The van der Waals surface area contributed by atoms with Gasteiger partial charge < -0.3 is 10.8 Å². The summed E-state index contributed by atoms with van der Waals surface area (Å²) in [6.07, 6.45) is 0.316. The fourth-order valence-corrected chi connectivity index (χ4v) is 1.24. The van der Waals surface area contributed by atoms with Crippen molar-refractivity contribution in [2.45, 2.75) is 13.3 Å². The molecule has 0 aromatic heterocycles. The molecule has 1 aromatic rings. The number of nitrogens with zero attached hydrogens (tertiary/aromatic N) is 1. The monoisotopic (exact) mass is 253 g/mol. The normalized spacial score (nSPS) is 11.1. The molecule has 0 heterocycles. The first kappa shape index (κ1) is 13.6. The lowest BCUT2D eigenvalue weighted by molar-refractivity contribution is -0.137. The molecule has 1 aromatic carbocycles. The van der Waals surface area contributed by atoms with Crippen molar-refractivity contribution in [3.63, 3.8) is 0 Å². The van der Waals surface area contributed by atoms with Gasteiger partial charge in [-0.05, 0) is 24.6 Å². The molecular formula is C11H12FN3O3. The molecular weight excluding hydrogens is 241 g/mol. The van der Waals surface area contributed by atoms with Gasteiger partial charge in [0.25, 0.3) is 0 Å². The lowest BCUT2D eigenvalue weighted by atomic mass is 10.1. The standard InChI is InChI=1S/C11H12FN3O3/c1-2-8(14-15-11(18)10(13)17)7-5-6(12)3-4-9(7)16/h3-5,16H,2H2,1H3,(H2,13,17)(H,15,18)/b14-8+. The van der Waals surface area contributed by atoms with E-state index < -0.39 is 17.6 Å². The minimum atomic E-state index is -1.18. The zero-order chi connectivity index (χ0) is 13.7. The third kappa shape index (κ3) is 3.27. The highest BCUT2D eigenvalue weighted by Crippen LogP contribution is 2.19. The van der Waals surface area contributed by atoms with E-state index in [1.165, 1.54) is 6.07 Å². The van der Waals surface area contributed by atoms with Crippen LogP contribution in [0.15, 0.2) is 23.3 Å². The molecule has 0 aliphatic rings. The van der Waals surface area contributed by atoms with Crippen molar-refractivity contribution in [3.8, 4) is 5.75 Å². The lowest BCUT2D eigenvalue weighted by Crippen LogP contribution is -2.33. The van der Waals surface area contributed by atoms with Crippen LogP contribution in [0.2, 0.25) is 0 Å². The Kier molecular flexibility index (Phi) is 4.36. The molecule has 0 saturated heterocycles. The van der Waals surface area contributed by atoms with Gasteiger partial charge in [0.2, 0.25) is 0 Å². The van der Waals surface area contributed by atoms with Gasteiger partial charge >= 0.3 is 11.8 Å². The number of primary amides is 1. The van der Waals surface area contributed by atoms with Gasteiger partial charge in [-0.1, -0.05) is 6.92 Å². The number of aromatic hydroxyl groups is 1. The number of amides is 2. The smallest absolute Gasteiger partial charge is 0.329 e. The van der Waals surface area contributed by atoms with Crippen molar-refractivity contribution < 1.29 is 19.1 Å². The summed E-state index contributed by atoms with van der Waals surface area (Å²) in [6, 6.07) is 3.34. The second-order valence-electron chi connectivity index (χ2n) is 3.38. The second-order valence-corrected chi connectivity index (χ2v) is 3.38. The van der Waals surface area contributed by atoms with Gasteiger partial charge in [-0.3, -0.25) is 9.59 Å². The molecule has 7 heteroatoms. The van der Waals surface area contributed by atoms with Crippen molar-refractivity contribution in [3.05, 3.63) is 29.6 Å². The predicted octanol–water partition coefficient (Wildman–Crippen LogP) is 0.247. The number of nitrogens with one attached hydrogen (secondary N) is 1. The number of hydrogen-bond acceptors (Lipinski definition) is 4. The van der Waals surface area contributed by atoms with Gasteiger partial charge in [-0.15, -0.1) is 0 Å². The average molecular weight is 253 g/mol. The predicted molar refractivity (Wildman–Crippen MR) is 62.2 cm³/mol. The van der Waals surface area contributed by atoms with Crippen molar-refractivity contribution in [1.82, 2.24) is 5.43 Å². The van der Waals surface area contributed by atoms with Crippen LogP contribution in [0.25, 0.3) is 0 Å². The summed E-state index contributed by atoms with van der Waals surface area (Å²) in [6.45, 7) is 1.69. The first-order valence-electron chi connectivity index (χ1n) is 5.11. The highest BCUT2D eigenvalue weighted by molar-refractivity contribution is 6.34. The summed E-state index contributed by atoms with van der Waals surface area (Å²) in [5.41, 5.74) is 7.01. The Morgan fingerprint density at radius 1 is 1.50 bits per heavy atom. The van der Waals surface area contributed by atoms with Gasteiger partial charge in [0.05, 0.1) is 5.71 Å². The van der Waals surface area contributed by atoms with E-state index in [9.17, 15) is 19.1 Å². The van der Waals surface area contributed by atoms with Gasteiger partial charge in [-0.25, -0.2) is 9.82 Å². The van der Waals surface area contributed by atoms with E-state index in [1.54, 1.807) is 6.92 Å².